The summed E-state index contributed by atoms with van der Waals surface area (Å²) in [6, 6.07) is 14.3. The maximum absolute atomic E-state index is 12.6. The Morgan fingerprint density at radius 1 is 1.04 bits per heavy atom. The molecule has 3 aromatic rings. The number of carbonyl (C=O) groups is 1. The Morgan fingerprint density at radius 2 is 1.78 bits per heavy atom. The standard InChI is InChI=1S/C17H12N4O2/c1-10-18-14-9-5-3-7-12(14)17(23)21(10)20-15-11-6-2-4-8-13(11)19-16(15)22/h2-9H,1H3,(H,19,20,22). The smallest absolute Gasteiger partial charge is 0.282 e. The molecule has 1 aliphatic rings. The summed E-state index contributed by atoms with van der Waals surface area (Å²) >= 11 is 0. The van der Waals surface area contributed by atoms with Gasteiger partial charge in [0.15, 0.2) is 5.71 Å². The maximum Gasteiger partial charge on any atom is 0.282 e. The Labute approximate surface area is 131 Å². The molecule has 4 rings (SSSR count). The first kappa shape index (κ1) is 13.4. The number of amides is 1. The van der Waals surface area contributed by atoms with E-state index < -0.39 is 0 Å². The fraction of sp³-hybridized carbons (Fsp3) is 0.0588. The highest BCUT2D eigenvalue weighted by molar-refractivity contribution is 6.53. The van der Waals surface area contributed by atoms with Gasteiger partial charge in [-0.2, -0.15) is 9.78 Å². The van der Waals surface area contributed by atoms with Gasteiger partial charge < -0.3 is 5.32 Å². The van der Waals surface area contributed by atoms with Crippen molar-refractivity contribution in [2.45, 2.75) is 6.92 Å². The van der Waals surface area contributed by atoms with Crippen molar-refractivity contribution in [2.75, 3.05) is 5.32 Å². The van der Waals surface area contributed by atoms with E-state index in [9.17, 15) is 9.59 Å². The van der Waals surface area contributed by atoms with Crippen LogP contribution in [0.25, 0.3) is 10.9 Å². The third kappa shape index (κ3) is 2.03. The molecule has 6 heteroatoms. The molecule has 0 aliphatic carbocycles. The molecule has 0 atom stereocenters. The largest absolute Gasteiger partial charge is 0.320 e. The van der Waals surface area contributed by atoms with Crippen molar-refractivity contribution >= 4 is 28.2 Å². The second kappa shape index (κ2) is 4.88. The molecule has 0 fully saturated rings. The summed E-state index contributed by atoms with van der Waals surface area (Å²) in [6.07, 6.45) is 0. The van der Waals surface area contributed by atoms with Gasteiger partial charge in [0.05, 0.1) is 16.6 Å². The average molecular weight is 304 g/mol. The van der Waals surface area contributed by atoms with Gasteiger partial charge in [0.2, 0.25) is 0 Å². The molecule has 2 aromatic carbocycles. The van der Waals surface area contributed by atoms with Crippen LogP contribution >= 0.6 is 0 Å². The first-order valence-electron chi connectivity index (χ1n) is 7.13. The molecule has 1 aliphatic heterocycles. The van der Waals surface area contributed by atoms with Crippen LogP contribution in [0.3, 0.4) is 0 Å². The van der Waals surface area contributed by atoms with E-state index in [2.05, 4.69) is 15.4 Å². The fourth-order valence-electron chi connectivity index (χ4n) is 2.65. The number of aromatic nitrogens is 2. The molecule has 0 bridgehead atoms. The van der Waals surface area contributed by atoms with E-state index >= 15 is 0 Å². The summed E-state index contributed by atoms with van der Waals surface area (Å²) in [5.74, 6) is 0.101. The summed E-state index contributed by atoms with van der Waals surface area (Å²) in [5.41, 5.74) is 1.90. The van der Waals surface area contributed by atoms with Crippen LogP contribution in [0.5, 0.6) is 0 Å². The van der Waals surface area contributed by atoms with Gasteiger partial charge in [-0.1, -0.05) is 30.3 Å². The van der Waals surface area contributed by atoms with Crippen LogP contribution < -0.4 is 10.9 Å². The van der Waals surface area contributed by atoms with Gasteiger partial charge in [-0.25, -0.2) is 4.98 Å². The predicted molar refractivity (Wildman–Crippen MR) is 87.7 cm³/mol. The minimum atomic E-state index is -0.328. The third-order valence-electron chi connectivity index (χ3n) is 3.76. The zero-order valence-electron chi connectivity index (χ0n) is 12.3. The molecule has 112 valence electrons. The van der Waals surface area contributed by atoms with E-state index in [-0.39, 0.29) is 17.2 Å². The van der Waals surface area contributed by atoms with Crippen LogP contribution in [-0.2, 0) is 4.79 Å². The summed E-state index contributed by atoms with van der Waals surface area (Å²) < 4.78 is 1.18. The molecular formula is C17H12N4O2. The topological polar surface area (TPSA) is 76.3 Å². The van der Waals surface area contributed by atoms with Crippen molar-refractivity contribution < 1.29 is 4.79 Å². The van der Waals surface area contributed by atoms with Gasteiger partial charge in [-0.05, 0) is 25.1 Å². The molecule has 0 saturated carbocycles. The average Bonchev–Trinajstić information content (AvgIpc) is 2.87. The first-order valence-corrected chi connectivity index (χ1v) is 7.13. The molecule has 1 amide bonds. The van der Waals surface area contributed by atoms with Crippen LogP contribution in [0, 0.1) is 6.92 Å². The lowest BCUT2D eigenvalue weighted by molar-refractivity contribution is -0.110. The van der Waals surface area contributed by atoms with Gasteiger partial charge in [0.1, 0.15) is 5.82 Å². The van der Waals surface area contributed by atoms with Crippen molar-refractivity contribution in [3.05, 3.63) is 70.3 Å². The Balaban J connectivity index is 1.98. The van der Waals surface area contributed by atoms with Crippen molar-refractivity contribution in [1.29, 1.82) is 0 Å². The van der Waals surface area contributed by atoms with Crippen molar-refractivity contribution in [3.8, 4) is 0 Å². The zero-order valence-corrected chi connectivity index (χ0v) is 12.3. The summed E-state index contributed by atoms with van der Waals surface area (Å²) in [7, 11) is 0. The number of nitrogens with zero attached hydrogens (tertiary/aromatic N) is 3. The number of nitrogens with one attached hydrogen (secondary N) is 1. The van der Waals surface area contributed by atoms with Gasteiger partial charge in [-0.15, -0.1) is 0 Å². The normalized spacial score (nSPS) is 15.0. The minimum Gasteiger partial charge on any atom is -0.320 e. The van der Waals surface area contributed by atoms with Crippen molar-refractivity contribution in [2.24, 2.45) is 5.10 Å². The number of hydrogen-bond donors (Lipinski definition) is 1. The summed E-state index contributed by atoms with van der Waals surface area (Å²) in [5, 5.41) is 7.48. The van der Waals surface area contributed by atoms with Gasteiger partial charge in [-0.3, -0.25) is 9.59 Å². The highest BCUT2D eigenvalue weighted by Gasteiger charge is 2.26. The van der Waals surface area contributed by atoms with E-state index in [1.54, 1.807) is 37.3 Å². The molecular weight excluding hydrogens is 292 g/mol. The Bertz CT molecular complexity index is 1050. The molecule has 23 heavy (non-hydrogen) atoms. The van der Waals surface area contributed by atoms with Crippen molar-refractivity contribution in [1.82, 2.24) is 9.66 Å². The maximum atomic E-state index is 12.6. The highest BCUT2D eigenvalue weighted by atomic mass is 16.2. The van der Waals surface area contributed by atoms with E-state index in [4.69, 9.17) is 0 Å². The number of hydrogen-bond acceptors (Lipinski definition) is 4. The Kier molecular flexibility index (Phi) is 2.84. The molecule has 6 nitrogen and oxygen atoms in total. The lowest BCUT2D eigenvalue weighted by Crippen LogP contribution is -2.24. The molecule has 1 aromatic heterocycles. The molecule has 0 unspecified atom stereocenters. The molecule has 0 saturated heterocycles. The van der Waals surface area contributed by atoms with Gasteiger partial charge >= 0.3 is 0 Å². The number of anilines is 1. The second-order valence-electron chi connectivity index (χ2n) is 5.24. The fourth-order valence-corrected chi connectivity index (χ4v) is 2.65. The molecule has 1 N–H and O–H groups in total. The van der Waals surface area contributed by atoms with Crippen molar-refractivity contribution in [3.63, 3.8) is 0 Å². The van der Waals surface area contributed by atoms with E-state index in [0.717, 1.165) is 0 Å². The Hall–Kier alpha value is -3.28. The Morgan fingerprint density at radius 3 is 2.65 bits per heavy atom. The molecule has 0 radical (unpaired) electrons. The van der Waals surface area contributed by atoms with Gasteiger partial charge in [0.25, 0.3) is 11.5 Å². The quantitative estimate of drug-likeness (QED) is 0.746. The van der Waals surface area contributed by atoms with E-state index in [1.807, 2.05) is 18.2 Å². The summed E-state index contributed by atoms with van der Waals surface area (Å²) in [4.78, 5) is 29.2. The number of para-hydroxylation sites is 2. The highest BCUT2D eigenvalue weighted by Crippen LogP contribution is 2.22. The second-order valence-corrected chi connectivity index (χ2v) is 5.24. The SMILES string of the molecule is Cc1nc2ccccc2c(=O)n1N=C1C(=O)Nc2ccccc21. The molecule has 0 spiro atoms. The number of benzene rings is 2. The van der Waals surface area contributed by atoms with Crippen LogP contribution in [-0.4, -0.2) is 21.3 Å². The van der Waals surface area contributed by atoms with Crippen LogP contribution in [0.2, 0.25) is 0 Å². The number of rotatable bonds is 1. The number of fused-ring (bicyclic) bond motifs is 2. The number of aryl methyl sites for hydroxylation is 1. The first-order chi connectivity index (χ1) is 11.1. The predicted octanol–water partition coefficient (Wildman–Crippen LogP) is 1.91. The zero-order chi connectivity index (χ0) is 16.0. The molecule has 2 heterocycles. The van der Waals surface area contributed by atoms with Crippen LogP contribution in [0.1, 0.15) is 11.4 Å². The van der Waals surface area contributed by atoms with E-state index in [0.29, 0.717) is 28.0 Å². The minimum absolute atomic E-state index is 0.211. The number of carbonyl (C=O) groups excluding carboxylic acids is 1. The lowest BCUT2D eigenvalue weighted by atomic mass is 10.1. The third-order valence-corrected chi connectivity index (χ3v) is 3.76. The van der Waals surface area contributed by atoms with E-state index in [1.165, 1.54) is 4.68 Å². The van der Waals surface area contributed by atoms with Gasteiger partial charge in [0, 0.05) is 5.56 Å². The van der Waals surface area contributed by atoms with Crippen LogP contribution in [0.4, 0.5) is 5.69 Å². The van der Waals surface area contributed by atoms with Crippen LogP contribution in [0.15, 0.2) is 58.4 Å². The lowest BCUT2D eigenvalue weighted by Gasteiger charge is -2.06. The summed E-state index contributed by atoms with van der Waals surface area (Å²) in [6.45, 7) is 1.69. The monoisotopic (exact) mass is 304 g/mol.